The van der Waals surface area contributed by atoms with E-state index < -0.39 is 0 Å². The van der Waals surface area contributed by atoms with Crippen LogP contribution in [0.25, 0.3) is 0 Å². The molecule has 0 aromatic carbocycles. The summed E-state index contributed by atoms with van der Waals surface area (Å²) in [6.07, 6.45) is 9.86. The number of nitrogens with one attached hydrogen (secondary N) is 1. The number of H-pyrrole nitrogens is 1. The number of rotatable bonds is 4. The molecule has 0 saturated heterocycles. The predicted molar refractivity (Wildman–Crippen MR) is 58.2 cm³/mol. The highest BCUT2D eigenvalue weighted by molar-refractivity contribution is 7.64. The molecule has 1 aromatic rings. The van der Waals surface area contributed by atoms with Crippen LogP contribution >= 0.6 is 0 Å². The van der Waals surface area contributed by atoms with Crippen LogP contribution in [0.1, 0.15) is 39.2 Å². The second-order valence-electron chi connectivity index (χ2n) is 3.00. The summed E-state index contributed by atoms with van der Waals surface area (Å²) < 4.78 is 2.25. The Balaban J connectivity index is 0.000000500. The van der Waals surface area contributed by atoms with Crippen molar-refractivity contribution in [3.05, 3.63) is 18.7 Å². The molecule has 1 heterocycles. The van der Waals surface area contributed by atoms with Gasteiger partial charge in [0.15, 0.2) is 0 Å². The molecule has 1 N–H and O–H groups in total. The fraction of sp³-hybridized carbons (Fsp3) is 0.600. The van der Waals surface area contributed by atoms with Gasteiger partial charge in [-0.2, -0.15) is 0 Å². The highest BCUT2D eigenvalue weighted by Crippen LogP contribution is 2.08. The Hall–Kier alpha value is -1.08. The first-order chi connectivity index (χ1) is 6.79. The highest BCUT2D eigenvalue weighted by atomic mass is 32.1. The first-order valence-corrected chi connectivity index (χ1v) is 5.25. The van der Waals surface area contributed by atoms with Crippen molar-refractivity contribution in [3.8, 4) is 5.40 Å². The van der Waals surface area contributed by atoms with Crippen LogP contribution in [0.4, 0.5) is 0 Å². The van der Waals surface area contributed by atoms with E-state index in [4.69, 9.17) is 5.26 Å². The van der Waals surface area contributed by atoms with Crippen LogP contribution in [0.2, 0.25) is 0 Å². The molecule has 1 atom stereocenters. The molecule has 0 fully saturated rings. The van der Waals surface area contributed by atoms with Gasteiger partial charge in [-0.1, -0.05) is 25.7 Å². The lowest BCUT2D eigenvalue weighted by Crippen LogP contribution is -2.36. The molecule has 0 spiro atoms. The summed E-state index contributed by atoms with van der Waals surface area (Å²) in [6, 6.07) is 0.686. The monoisotopic (exact) mass is 211 g/mol. The Kier molecular flexibility index (Phi) is 7.86. The van der Waals surface area contributed by atoms with E-state index >= 15 is 0 Å². The third kappa shape index (κ3) is 4.83. The summed E-state index contributed by atoms with van der Waals surface area (Å²) in [6.45, 7) is 4.47. The van der Waals surface area contributed by atoms with E-state index in [2.05, 4.69) is 42.2 Å². The SMILES string of the molecule is CCCC(CC)[n+]1cc[nH]c1.N#C[S-]. The van der Waals surface area contributed by atoms with Gasteiger partial charge in [0.25, 0.3) is 0 Å². The standard InChI is InChI=1S/C9H16N2.CHNS/c1-3-5-9(4-2)11-7-6-10-8-11;2-1-3/h6-9H,3-5H2,1-2H3;3H. The maximum absolute atomic E-state index is 7.13. The molecule has 78 valence electrons. The number of aromatic nitrogens is 2. The van der Waals surface area contributed by atoms with E-state index in [1.807, 2.05) is 12.5 Å². The highest BCUT2D eigenvalue weighted by Gasteiger charge is 2.10. The second-order valence-corrected chi connectivity index (χ2v) is 3.18. The van der Waals surface area contributed by atoms with Crippen LogP contribution in [-0.4, -0.2) is 4.98 Å². The number of imidazole rings is 1. The molecule has 0 aliphatic heterocycles. The normalized spacial score (nSPS) is 10.9. The number of thiocyanates is 1. The van der Waals surface area contributed by atoms with Crippen LogP contribution in [0.3, 0.4) is 0 Å². The maximum atomic E-state index is 7.13. The molecule has 3 nitrogen and oxygen atoms in total. The molecule has 0 aliphatic carbocycles. The summed E-state index contributed by atoms with van der Waals surface area (Å²) in [5, 5.41) is 8.47. The Labute approximate surface area is 91.2 Å². The van der Waals surface area contributed by atoms with Crippen LogP contribution in [0, 0.1) is 10.7 Å². The van der Waals surface area contributed by atoms with E-state index in [-0.39, 0.29) is 0 Å². The fourth-order valence-corrected chi connectivity index (χ4v) is 1.43. The van der Waals surface area contributed by atoms with Crippen molar-refractivity contribution in [2.24, 2.45) is 0 Å². The molecule has 1 unspecified atom stereocenters. The topological polar surface area (TPSA) is 43.5 Å². The summed E-state index contributed by atoms with van der Waals surface area (Å²) in [4.78, 5) is 3.07. The van der Waals surface area contributed by atoms with Crippen molar-refractivity contribution in [3.63, 3.8) is 0 Å². The van der Waals surface area contributed by atoms with E-state index in [1.165, 1.54) is 24.7 Å². The van der Waals surface area contributed by atoms with Crippen LogP contribution < -0.4 is 4.57 Å². The molecule has 0 saturated carbocycles. The van der Waals surface area contributed by atoms with Gasteiger partial charge in [-0.05, 0) is 12.8 Å². The number of nitrogens with zero attached hydrogens (tertiary/aromatic N) is 2. The Morgan fingerprint density at radius 1 is 1.57 bits per heavy atom. The Bertz CT molecular complexity index is 251. The molecule has 0 radical (unpaired) electrons. The van der Waals surface area contributed by atoms with Gasteiger partial charge in [-0.15, -0.1) is 0 Å². The van der Waals surface area contributed by atoms with Gasteiger partial charge in [0.2, 0.25) is 6.33 Å². The molecule has 0 amide bonds. The maximum Gasteiger partial charge on any atom is 0.241 e. The lowest BCUT2D eigenvalue weighted by molar-refractivity contribution is -0.722. The zero-order chi connectivity index (χ0) is 10.8. The fourth-order valence-electron chi connectivity index (χ4n) is 1.43. The zero-order valence-electron chi connectivity index (χ0n) is 8.73. The van der Waals surface area contributed by atoms with E-state index in [0.717, 1.165) is 0 Å². The minimum Gasteiger partial charge on any atom is -0.696 e. The first-order valence-electron chi connectivity index (χ1n) is 4.84. The Morgan fingerprint density at radius 2 is 2.21 bits per heavy atom. The van der Waals surface area contributed by atoms with Gasteiger partial charge in [-0.25, -0.2) is 9.83 Å². The summed E-state index contributed by atoms with van der Waals surface area (Å²) in [7, 11) is 0. The van der Waals surface area contributed by atoms with Gasteiger partial charge < -0.3 is 12.6 Å². The molecule has 14 heavy (non-hydrogen) atoms. The van der Waals surface area contributed by atoms with E-state index in [1.54, 1.807) is 0 Å². The number of hydrogen-bond donors (Lipinski definition) is 1. The van der Waals surface area contributed by atoms with Crippen molar-refractivity contribution in [2.75, 3.05) is 0 Å². The second kappa shape index (κ2) is 8.52. The number of hydrogen-bond acceptors (Lipinski definition) is 2. The average molecular weight is 211 g/mol. The van der Waals surface area contributed by atoms with Crippen LogP contribution in [0.5, 0.6) is 0 Å². The summed E-state index contributed by atoms with van der Waals surface area (Å²) in [5.74, 6) is 0. The molecule has 1 aromatic heterocycles. The van der Waals surface area contributed by atoms with Crippen LogP contribution in [0.15, 0.2) is 18.7 Å². The Morgan fingerprint density at radius 3 is 2.57 bits per heavy atom. The lowest BCUT2D eigenvalue weighted by atomic mass is 10.1. The molecule has 1 rings (SSSR count). The largest absolute Gasteiger partial charge is 0.696 e. The molecular formula is C10H17N3S. The minimum absolute atomic E-state index is 0.686. The number of aromatic amines is 1. The third-order valence-electron chi connectivity index (χ3n) is 2.08. The lowest BCUT2D eigenvalue weighted by Gasteiger charge is -2.08. The third-order valence-corrected chi connectivity index (χ3v) is 2.08. The minimum atomic E-state index is 0.686. The molecule has 4 heteroatoms. The van der Waals surface area contributed by atoms with Crippen molar-refractivity contribution in [1.29, 1.82) is 5.26 Å². The van der Waals surface area contributed by atoms with Crippen molar-refractivity contribution in [1.82, 2.24) is 4.98 Å². The quantitative estimate of drug-likeness (QED) is 0.470. The smallest absolute Gasteiger partial charge is 0.241 e. The number of nitriles is 1. The predicted octanol–water partition coefficient (Wildman–Crippen LogP) is 2.07. The molecule has 0 bridgehead atoms. The zero-order valence-corrected chi connectivity index (χ0v) is 9.55. The van der Waals surface area contributed by atoms with Gasteiger partial charge in [-0.3, -0.25) is 4.98 Å². The van der Waals surface area contributed by atoms with Crippen LogP contribution in [-0.2, 0) is 12.6 Å². The molecule has 0 aliphatic rings. The van der Waals surface area contributed by atoms with Crippen molar-refractivity contribution in [2.45, 2.75) is 39.2 Å². The van der Waals surface area contributed by atoms with Gasteiger partial charge in [0.05, 0.1) is 0 Å². The van der Waals surface area contributed by atoms with Crippen molar-refractivity contribution < 1.29 is 4.57 Å². The summed E-state index contributed by atoms with van der Waals surface area (Å²) >= 11 is 3.70. The van der Waals surface area contributed by atoms with E-state index in [0.29, 0.717) is 6.04 Å². The van der Waals surface area contributed by atoms with Gasteiger partial charge in [0.1, 0.15) is 18.4 Å². The van der Waals surface area contributed by atoms with Crippen molar-refractivity contribution >= 4 is 12.6 Å². The summed E-state index contributed by atoms with van der Waals surface area (Å²) in [5.41, 5.74) is 0. The van der Waals surface area contributed by atoms with E-state index in [9.17, 15) is 0 Å². The average Bonchev–Trinajstić information content (AvgIpc) is 2.68. The molecular weight excluding hydrogens is 194 g/mol. The van der Waals surface area contributed by atoms with Gasteiger partial charge in [0, 0.05) is 0 Å². The van der Waals surface area contributed by atoms with Gasteiger partial charge >= 0.3 is 0 Å². The first kappa shape index (κ1) is 12.9.